The Hall–Kier alpha value is -10.8. The Morgan fingerprint density at radius 3 is 1.24 bits per heavy atom. The third-order valence-electron chi connectivity index (χ3n) is 22.6. The van der Waals surface area contributed by atoms with Crippen molar-refractivity contribution in [1.82, 2.24) is 45.0 Å². The SMILES string of the molecule is COc1ccc(C(C[C@]23CO[C@@H](C2O)[C@H](n2cc(C#CCNC(=O)C(CC(C)C)NC(=O)C(F)(F)F)c(=O)[nH]c2=O)O3)(c2ccccc2)c2ccc(OC)cc2)cc1.COc1ccc(C(C[C@]23CO[C@@H](C2OP(OCCC#N)N(C(C)C)C(C)C)[C@H](n2cc(C#CCNC(=O)C(CC(C)C)NC(=O)C(F)(F)F)c(=O)[nH]c2=O)O3)(c2ccccc2)c2ccc(OC)cc2)cc1.[Y]. The van der Waals surface area contributed by atoms with Crippen molar-refractivity contribution < 1.29 is 130 Å². The van der Waals surface area contributed by atoms with Gasteiger partial charge in [0.25, 0.3) is 19.6 Å². The van der Waals surface area contributed by atoms with Crippen LogP contribution in [0.2, 0.25) is 0 Å². The van der Waals surface area contributed by atoms with Crippen molar-refractivity contribution in [2.45, 2.75) is 183 Å². The maximum absolute atomic E-state index is 14.0. The van der Waals surface area contributed by atoms with Gasteiger partial charge in [-0.25, -0.2) is 14.3 Å². The number of H-pyrrole nitrogens is 2. The van der Waals surface area contributed by atoms with Crippen molar-refractivity contribution in [2.24, 2.45) is 11.8 Å². The van der Waals surface area contributed by atoms with Crippen LogP contribution in [-0.2, 0) is 90.7 Å². The number of benzene rings is 6. The molecule has 4 aliphatic rings. The normalized spacial score (nSPS) is 19.8. The number of ether oxygens (including phenoxy) is 8. The number of carbonyl (C=O) groups is 4. The second-order valence-corrected chi connectivity index (χ2v) is 34.2. The number of aromatic nitrogens is 4. The average Bonchev–Trinajstić information content (AvgIpc) is 1.54. The smallest absolute Gasteiger partial charge is 0.471 e. The molecule has 4 amide bonds. The number of nitrogens with one attached hydrogen (secondary N) is 6. The average molecular weight is 1900 g/mol. The zero-order valence-electron chi connectivity index (χ0n) is 73.5. The summed E-state index contributed by atoms with van der Waals surface area (Å²) in [6.07, 6.45) is -14.4. The quantitative estimate of drug-likeness (QED) is 0.00648. The van der Waals surface area contributed by atoms with Gasteiger partial charge in [0, 0.05) is 68.0 Å². The number of rotatable bonds is 34. The van der Waals surface area contributed by atoms with E-state index in [1.54, 1.807) is 66.8 Å². The van der Waals surface area contributed by atoms with Crippen LogP contribution >= 0.6 is 8.53 Å². The van der Waals surface area contributed by atoms with Gasteiger partial charge in [-0.1, -0.05) is 161 Å². The van der Waals surface area contributed by atoms with Crippen molar-refractivity contribution in [3.05, 3.63) is 256 Å². The Bertz CT molecular complexity index is 5560. The third-order valence-corrected chi connectivity index (χ3v) is 24.8. The number of amides is 4. The number of alkyl halides is 6. The van der Waals surface area contributed by atoms with Gasteiger partial charge < -0.3 is 73.3 Å². The molecule has 0 spiro atoms. The summed E-state index contributed by atoms with van der Waals surface area (Å²) in [5.74, 6) is 6.18. The minimum Gasteiger partial charge on any atom is -0.497 e. The molecule has 11 atom stereocenters. The number of halogens is 6. The van der Waals surface area contributed by atoms with E-state index < -0.39 is 151 Å². The molecular formula is C93H103F6N10O19PY. The number of hydrogen-bond donors (Lipinski definition) is 7. The van der Waals surface area contributed by atoms with E-state index in [0.29, 0.717) is 23.0 Å². The number of methoxy groups -OCH3 is 4. The van der Waals surface area contributed by atoms with E-state index in [1.807, 2.05) is 185 Å². The molecular weight excluding hydrogens is 1790 g/mol. The summed E-state index contributed by atoms with van der Waals surface area (Å²) >= 11 is 0. The molecule has 7 N–H and O–H groups in total. The van der Waals surface area contributed by atoms with Crippen molar-refractivity contribution in [2.75, 3.05) is 61.3 Å². The number of aliphatic hydroxyl groups is 1. The monoisotopic (exact) mass is 1900 g/mol. The zero-order valence-corrected chi connectivity index (χ0v) is 77.3. The Morgan fingerprint density at radius 1 is 0.538 bits per heavy atom. The van der Waals surface area contributed by atoms with Crippen molar-refractivity contribution in [3.8, 4) is 52.7 Å². The summed E-state index contributed by atoms with van der Waals surface area (Å²) in [6, 6.07) is 49.2. The molecule has 0 saturated carbocycles. The van der Waals surface area contributed by atoms with E-state index in [4.69, 9.17) is 46.9 Å². The molecule has 29 nitrogen and oxygen atoms in total. The molecule has 4 saturated heterocycles. The third kappa shape index (κ3) is 23.0. The van der Waals surface area contributed by atoms with Gasteiger partial charge in [0.2, 0.25) is 11.8 Å². The predicted octanol–water partition coefficient (Wildman–Crippen LogP) is 10.4. The second kappa shape index (κ2) is 43.9. The van der Waals surface area contributed by atoms with Crippen LogP contribution in [0.15, 0.2) is 189 Å². The molecule has 8 aromatic rings. The Labute approximate surface area is 773 Å². The van der Waals surface area contributed by atoms with Gasteiger partial charge in [0.1, 0.15) is 81.8 Å². The zero-order chi connectivity index (χ0) is 93.5. The number of aliphatic hydroxyl groups excluding tert-OH is 1. The first-order valence-electron chi connectivity index (χ1n) is 41.6. The molecule has 0 aliphatic carbocycles. The van der Waals surface area contributed by atoms with E-state index in [9.17, 15) is 75.1 Å². The minimum absolute atomic E-state index is 0. The summed E-state index contributed by atoms with van der Waals surface area (Å²) < 4.78 is 145. The van der Waals surface area contributed by atoms with Crippen LogP contribution in [0.1, 0.15) is 144 Å². The van der Waals surface area contributed by atoms with Crippen molar-refractivity contribution >= 4 is 32.2 Å². The van der Waals surface area contributed by atoms with Crippen LogP contribution in [0.4, 0.5) is 26.3 Å². The van der Waals surface area contributed by atoms with E-state index >= 15 is 0 Å². The Balaban J connectivity index is 0.000000273. The van der Waals surface area contributed by atoms with E-state index in [0.717, 1.165) is 44.1 Å². The van der Waals surface area contributed by atoms with Gasteiger partial charge in [-0.2, -0.15) is 31.6 Å². The summed E-state index contributed by atoms with van der Waals surface area (Å²) in [4.78, 5) is 107. The van der Waals surface area contributed by atoms with Crippen LogP contribution < -0.4 is 62.7 Å². The first-order chi connectivity index (χ1) is 61.4. The molecule has 6 aromatic carbocycles. The molecule has 130 heavy (non-hydrogen) atoms. The van der Waals surface area contributed by atoms with Crippen molar-refractivity contribution in [3.63, 3.8) is 0 Å². The standard InChI is InChI=1S/C51H60F3N6O10P.C42H43F3N4O9.Y/c1-32(2)28-41(57-47(63)51(52,53)54)45(62)56-26-12-14-35-29-59(48(64)58-44(35)61)46-42-43(70-71(68-27-13-25-55)60(33(3)4)34(5)6)49(69-46,31-67-42)30-50(36-15-10-9-11-16-36,37-17-21-39(65-7)22-18-37)38-19-23-40(66-8)24-20-38;1-25(2)21-32(47-38(53)42(43,44)45)36(52)46-20-8-9-26-22-49(39(54)48-35(26)51)37-33-34(50)40(58-37,24-57-33)23-41(27-10-6-5-7-11-27,28-12-16-30(55-3)17-13-28)29-14-18-31(56-4)19-15-29;/h9-11,15-24,29,32-34,41-43,46H,13,26-28,30-31H2,1-8H3,(H,56,62)(H,57,63)(H,58,61,64);5-7,10-19,22,25,32-34,37,50H,20-21,23-24H2,1-4H3,(H,46,52)(H,47,53)(H,48,51,54);/t41?,42-,43?,46+,49-,71?;32?,33-,34?,37+,40-;/m00./s1. The van der Waals surface area contributed by atoms with Crippen molar-refractivity contribution in [1.29, 1.82) is 5.26 Å². The van der Waals surface area contributed by atoms with Crippen LogP contribution in [0.3, 0.4) is 0 Å². The summed E-state index contributed by atoms with van der Waals surface area (Å²) in [7, 11) is 4.41. The molecule has 689 valence electrons. The molecule has 2 aromatic heterocycles. The molecule has 12 rings (SSSR count). The minimum atomic E-state index is -5.20. The number of hydrogen-bond acceptors (Lipinski definition) is 21. The summed E-state index contributed by atoms with van der Waals surface area (Å²) in [6.45, 7) is 14.0. The van der Waals surface area contributed by atoms with Gasteiger partial charge in [0.05, 0.1) is 73.8 Å². The van der Waals surface area contributed by atoms with Crippen LogP contribution in [-0.4, -0.2) is 186 Å². The summed E-state index contributed by atoms with van der Waals surface area (Å²) in [5, 5.41) is 29.7. The maximum Gasteiger partial charge on any atom is 0.471 e. The molecule has 5 unspecified atom stereocenters. The molecule has 4 aliphatic heterocycles. The first-order valence-corrected chi connectivity index (χ1v) is 42.7. The van der Waals surface area contributed by atoms with Gasteiger partial charge >= 0.3 is 35.5 Å². The largest absolute Gasteiger partial charge is 0.497 e. The van der Waals surface area contributed by atoms with E-state index in [2.05, 4.69) is 55.0 Å². The molecule has 37 heteroatoms. The molecule has 4 fully saturated rings. The molecule has 4 bridgehead atoms. The van der Waals surface area contributed by atoms with Crippen LogP contribution in [0.5, 0.6) is 23.0 Å². The Morgan fingerprint density at radius 2 is 0.885 bits per heavy atom. The summed E-state index contributed by atoms with van der Waals surface area (Å²) in [5.41, 5.74) is -3.36. The van der Waals surface area contributed by atoms with Crippen LogP contribution in [0, 0.1) is 46.8 Å². The number of nitrogens with zero attached hydrogens (tertiary/aromatic N) is 4. The predicted molar refractivity (Wildman–Crippen MR) is 462 cm³/mol. The number of aromatic amines is 2. The number of fused-ring (bicyclic) bond motifs is 4. The fraction of sp³-hybridized carbons (Fsp3) is 0.430. The second-order valence-electron chi connectivity index (χ2n) is 32.8. The van der Waals surface area contributed by atoms with Gasteiger partial charge in [-0.3, -0.25) is 47.9 Å². The van der Waals surface area contributed by atoms with E-state index in [1.165, 1.54) is 10.8 Å². The first kappa shape index (κ1) is 101. The topological polar surface area (TPSA) is 366 Å². The molecule has 6 heterocycles. The van der Waals surface area contributed by atoms with Gasteiger partial charge in [-0.05, 0) is 147 Å². The van der Waals surface area contributed by atoms with Crippen LogP contribution in [0.25, 0.3) is 0 Å². The maximum atomic E-state index is 14.0. The fourth-order valence-electron chi connectivity index (χ4n) is 16.7. The van der Waals surface area contributed by atoms with Gasteiger partial charge in [-0.15, -0.1) is 0 Å². The fourth-order valence-corrected chi connectivity index (χ4v) is 18.5. The number of carbonyl (C=O) groups excluding carboxylic acids is 4. The number of nitriles is 1. The van der Waals surface area contributed by atoms with Gasteiger partial charge in [0.15, 0.2) is 12.5 Å². The molecule has 1 radical (unpaired) electrons. The Kier molecular flexibility index (Phi) is 34.2. The van der Waals surface area contributed by atoms with E-state index in [-0.39, 0.29) is 120 Å².